The first-order valence-corrected chi connectivity index (χ1v) is 10.2. The molecule has 0 amide bonds. The van der Waals surface area contributed by atoms with Crippen LogP contribution in [0.2, 0.25) is 0 Å². The van der Waals surface area contributed by atoms with Crippen LogP contribution in [-0.4, -0.2) is 40.3 Å². The van der Waals surface area contributed by atoms with Crippen LogP contribution in [-0.2, 0) is 13.1 Å². The Balaban J connectivity index is 1.30. The van der Waals surface area contributed by atoms with Gasteiger partial charge < -0.3 is 19.8 Å². The smallest absolute Gasteiger partial charge is 0.226 e. The van der Waals surface area contributed by atoms with E-state index in [0.717, 1.165) is 22.6 Å². The summed E-state index contributed by atoms with van der Waals surface area (Å²) in [5.74, 6) is 3.32. The second-order valence-corrected chi connectivity index (χ2v) is 7.12. The lowest BCUT2D eigenvalue weighted by Crippen LogP contribution is -2.36. The minimum atomic E-state index is 0.441. The highest BCUT2D eigenvalue weighted by Gasteiger charge is 2.09. The maximum absolute atomic E-state index is 5.60. The molecule has 0 unspecified atom stereocenters. The maximum Gasteiger partial charge on any atom is 0.226 e. The quantitative estimate of drug-likeness (QED) is 0.304. The normalized spacial score (nSPS) is 11.4. The largest absolute Gasteiger partial charge is 0.497 e. The van der Waals surface area contributed by atoms with Crippen molar-refractivity contribution in [2.75, 3.05) is 14.2 Å². The van der Waals surface area contributed by atoms with Gasteiger partial charge in [0.25, 0.3) is 0 Å². The van der Waals surface area contributed by atoms with E-state index in [4.69, 9.17) is 9.15 Å². The Labute approximate surface area is 186 Å². The zero-order chi connectivity index (χ0) is 22.3. The molecule has 0 saturated heterocycles. The minimum Gasteiger partial charge on any atom is -0.497 e. The molecule has 4 aromatic rings. The fourth-order valence-electron chi connectivity index (χ4n) is 3.02. The Bertz CT molecular complexity index is 1180. The SMILES string of the molecule is CN=C(NCc1coc(-c2ccc(C)cc2)n1)NCc1nc(-c2ccc(OC)cc2)n[nH]1. The van der Waals surface area contributed by atoms with E-state index < -0.39 is 0 Å². The first-order chi connectivity index (χ1) is 15.6. The molecule has 0 aliphatic rings. The molecule has 2 aromatic carbocycles. The molecule has 0 radical (unpaired) electrons. The molecule has 0 fully saturated rings. The summed E-state index contributed by atoms with van der Waals surface area (Å²) in [6, 6.07) is 15.7. The molecule has 0 bridgehead atoms. The van der Waals surface area contributed by atoms with Gasteiger partial charge in [-0.3, -0.25) is 10.1 Å². The molecule has 32 heavy (non-hydrogen) atoms. The molecule has 0 atom stereocenters. The fourth-order valence-corrected chi connectivity index (χ4v) is 3.02. The summed E-state index contributed by atoms with van der Waals surface area (Å²) in [7, 11) is 3.34. The van der Waals surface area contributed by atoms with E-state index in [2.05, 4.69) is 35.8 Å². The number of guanidine groups is 1. The van der Waals surface area contributed by atoms with Gasteiger partial charge in [-0.05, 0) is 43.3 Å². The Hall–Kier alpha value is -4.14. The highest BCUT2D eigenvalue weighted by Crippen LogP contribution is 2.20. The van der Waals surface area contributed by atoms with Gasteiger partial charge in [0.15, 0.2) is 11.8 Å². The number of aromatic amines is 1. The van der Waals surface area contributed by atoms with Gasteiger partial charge in [-0.2, -0.15) is 5.10 Å². The van der Waals surface area contributed by atoms with Gasteiger partial charge in [0, 0.05) is 18.2 Å². The number of hydrogen-bond donors (Lipinski definition) is 3. The molecular formula is C23H25N7O2. The predicted molar refractivity (Wildman–Crippen MR) is 122 cm³/mol. The van der Waals surface area contributed by atoms with Gasteiger partial charge in [0.2, 0.25) is 5.89 Å². The molecule has 2 aromatic heterocycles. The molecule has 0 saturated carbocycles. The number of hydrogen-bond acceptors (Lipinski definition) is 6. The van der Waals surface area contributed by atoms with E-state index in [-0.39, 0.29) is 0 Å². The van der Waals surface area contributed by atoms with E-state index in [9.17, 15) is 0 Å². The van der Waals surface area contributed by atoms with Crippen LogP contribution in [0.5, 0.6) is 5.75 Å². The number of aryl methyl sites for hydroxylation is 1. The Morgan fingerprint density at radius 2 is 1.72 bits per heavy atom. The third-order valence-electron chi connectivity index (χ3n) is 4.81. The number of benzene rings is 2. The number of nitrogens with one attached hydrogen (secondary N) is 3. The number of aromatic nitrogens is 4. The van der Waals surface area contributed by atoms with Crippen LogP contribution in [0.1, 0.15) is 17.1 Å². The van der Waals surface area contributed by atoms with Crippen LogP contribution in [0.3, 0.4) is 0 Å². The van der Waals surface area contributed by atoms with Crippen molar-refractivity contribution in [3.63, 3.8) is 0 Å². The number of aliphatic imine (C=N–C) groups is 1. The van der Waals surface area contributed by atoms with E-state index in [1.54, 1.807) is 20.4 Å². The van der Waals surface area contributed by atoms with Gasteiger partial charge in [0.1, 0.15) is 17.8 Å². The monoisotopic (exact) mass is 431 g/mol. The average molecular weight is 432 g/mol. The Kier molecular flexibility index (Phi) is 6.45. The molecule has 2 heterocycles. The van der Waals surface area contributed by atoms with Gasteiger partial charge >= 0.3 is 0 Å². The van der Waals surface area contributed by atoms with Gasteiger partial charge in [0.05, 0.1) is 25.9 Å². The van der Waals surface area contributed by atoms with Crippen LogP contribution < -0.4 is 15.4 Å². The van der Waals surface area contributed by atoms with E-state index >= 15 is 0 Å². The summed E-state index contributed by atoms with van der Waals surface area (Å²) >= 11 is 0. The van der Waals surface area contributed by atoms with E-state index in [1.807, 2.05) is 55.5 Å². The van der Waals surface area contributed by atoms with Crippen molar-refractivity contribution in [2.45, 2.75) is 20.0 Å². The van der Waals surface area contributed by atoms with Crippen LogP contribution in [0.15, 0.2) is 64.2 Å². The second-order valence-electron chi connectivity index (χ2n) is 7.12. The zero-order valence-corrected chi connectivity index (χ0v) is 18.2. The number of nitrogens with zero attached hydrogens (tertiary/aromatic N) is 4. The van der Waals surface area contributed by atoms with Crippen LogP contribution in [0.25, 0.3) is 22.8 Å². The number of rotatable bonds is 7. The third-order valence-corrected chi connectivity index (χ3v) is 4.81. The van der Waals surface area contributed by atoms with Crippen LogP contribution >= 0.6 is 0 Å². The molecule has 164 valence electrons. The summed E-state index contributed by atoms with van der Waals surface area (Å²) in [5, 5.41) is 13.7. The summed E-state index contributed by atoms with van der Waals surface area (Å²) in [6.07, 6.45) is 1.65. The highest BCUT2D eigenvalue weighted by atomic mass is 16.5. The predicted octanol–water partition coefficient (Wildman–Crippen LogP) is 3.31. The first kappa shape index (κ1) is 21.1. The van der Waals surface area contributed by atoms with Crippen molar-refractivity contribution in [3.05, 3.63) is 71.9 Å². The topological polar surface area (TPSA) is 113 Å². The molecule has 3 N–H and O–H groups in total. The summed E-state index contributed by atoms with van der Waals surface area (Å²) in [5.41, 5.74) is 3.83. The van der Waals surface area contributed by atoms with Gasteiger partial charge in [-0.25, -0.2) is 9.97 Å². The van der Waals surface area contributed by atoms with Gasteiger partial charge in [-0.1, -0.05) is 17.7 Å². The number of ether oxygens (including phenoxy) is 1. The van der Waals surface area contributed by atoms with Crippen molar-refractivity contribution in [3.8, 4) is 28.6 Å². The second kappa shape index (κ2) is 9.78. The van der Waals surface area contributed by atoms with Crippen LogP contribution in [0, 0.1) is 6.92 Å². The highest BCUT2D eigenvalue weighted by molar-refractivity contribution is 5.79. The zero-order valence-electron chi connectivity index (χ0n) is 18.2. The maximum atomic E-state index is 5.60. The van der Waals surface area contributed by atoms with Crippen molar-refractivity contribution < 1.29 is 9.15 Å². The average Bonchev–Trinajstić information content (AvgIpc) is 3.50. The lowest BCUT2D eigenvalue weighted by atomic mass is 10.1. The van der Waals surface area contributed by atoms with E-state index in [0.29, 0.717) is 36.6 Å². The Morgan fingerprint density at radius 1 is 1.00 bits per heavy atom. The van der Waals surface area contributed by atoms with E-state index in [1.165, 1.54) is 5.56 Å². The lowest BCUT2D eigenvalue weighted by Gasteiger charge is -2.09. The standard InChI is InChI=1S/C23H25N7O2/c1-15-4-6-17(7-5-15)22-27-18(14-32-22)12-25-23(24-2)26-13-20-28-21(30-29-20)16-8-10-19(31-3)11-9-16/h4-11,14H,12-13H2,1-3H3,(H2,24,25,26)(H,28,29,30). The van der Waals surface area contributed by atoms with Crippen molar-refractivity contribution >= 4 is 5.96 Å². The lowest BCUT2D eigenvalue weighted by molar-refractivity contribution is 0.415. The molecular weight excluding hydrogens is 406 g/mol. The minimum absolute atomic E-state index is 0.441. The first-order valence-electron chi connectivity index (χ1n) is 10.2. The van der Waals surface area contributed by atoms with Crippen molar-refractivity contribution in [2.24, 2.45) is 4.99 Å². The molecule has 0 aliphatic carbocycles. The third kappa shape index (κ3) is 5.12. The summed E-state index contributed by atoms with van der Waals surface area (Å²) < 4.78 is 10.8. The number of methoxy groups -OCH3 is 1. The van der Waals surface area contributed by atoms with Gasteiger partial charge in [-0.15, -0.1) is 0 Å². The van der Waals surface area contributed by atoms with Crippen molar-refractivity contribution in [1.82, 2.24) is 30.8 Å². The summed E-state index contributed by atoms with van der Waals surface area (Å²) in [6.45, 7) is 2.96. The molecule has 0 aliphatic heterocycles. The fraction of sp³-hybridized carbons (Fsp3) is 0.217. The molecule has 9 nitrogen and oxygen atoms in total. The Morgan fingerprint density at radius 3 is 2.44 bits per heavy atom. The van der Waals surface area contributed by atoms with Crippen molar-refractivity contribution in [1.29, 1.82) is 0 Å². The number of oxazole rings is 1. The van der Waals surface area contributed by atoms with Crippen LogP contribution in [0.4, 0.5) is 0 Å². The molecule has 0 spiro atoms. The molecule has 4 rings (SSSR count). The summed E-state index contributed by atoms with van der Waals surface area (Å²) in [4.78, 5) is 13.3. The number of H-pyrrole nitrogens is 1. The molecule has 9 heteroatoms.